The molecule has 24 heavy (non-hydrogen) atoms. The molecule has 10 heteroatoms. The number of ether oxygens (including phenoxy) is 4. The van der Waals surface area contributed by atoms with Crippen LogP contribution in [0, 0.1) is 0 Å². The largest absolute Gasteiger partial charge is 0.493 e. The standard InChI is InChI=1S/C14H12F2O8/c1-21-9-10(22-2)14(16)6(12(20)24-4)5(11(19)23-3)13(9,15)7(17)8(14)18/h1-4H3/t13-,14+. The SMILES string of the molecule is COC(=O)C1=C(C(=O)OC)[C@]2(F)C(=O)C(=O)[C@@]1(F)C(OC)=C2OC. The molecule has 0 amide bonds. The second kappa shape index (κ2) is 5.39. The van der Waals surface area contributed by atoms with E-state index in [2.05, 4.69) is 18.9 Å². The number of carbonyl (C=O) groups excluding carboxylic acids is 4. The predicted molar refractivity (Wildman–Crippen MR) is 69.8 cm³/mol. The first-order valence-electron chi connectivity index (χ1n) is 6.39. The Morgan fingerprint density at radius 3 is 1.25 bits per heavy atom. The smallest absolute Gasteiger partial charge is 0.338 e. The van der Waals surface area contributed by atoms with Crippen LogP contribution < -0.4 is 0 Å². The summed E-state index contributed by atoms with van der Waals surface area (Å²) in [6, 6.07) is 0. The molecule has 8 nitrogen and oxygen atoms in total. The molecule has 3 rings (SSSR count). The van der Waals surface area contributed by atoms with Crippen LogP contribution in [-0.4, -0.2) is 63.3 Å². The fraction of sp³-hybridized carbons (Fsp3) is 0.429. The van der Waals surface area contributed by atoms with Gasteiger partial charge in [0.1, 0.15) is 11.1 Å². The summed E-state index contributed by atoms with van der Waals surface area (Å²) in [6.45, 7) is 0. The number of alkyl halides is 2. The van der Waals surface area contributed by atoms with Crippen LogP contribution in [0.4, 0.5) is 8.78 Å². The monoisotopic (exact) mass is 346 g/mol. The number of rotatable bonds is 4. The molecule has 0 heterocycles. The molecule has 3 aliphatic carbocycles. The van der Waals surface area contributed by atoms with Crippen molar-refractivity contribution in [3.63, 3.8) is 0 Å². The van der Waals surface area contributed by atoms with Crippen molar-refractivity contribution in [1.82, 2.24) is 0 Å². The van der Waals surface area contributed by atoms with Crippen LogP contribution in [0.3, 0.4) is 0 Å². The minimum atomic E-state index is -3.57. The van der Waals surface area contributed by atoms with Crippen molar-refractivity contribution in [2.45, 2.75) is 11.3 Å². The maximum atomic E-state index is 15.5. The van der Waals surface area contributed by atoms with E-state index in [4.69, 9.17) is 0 Å². The zero-order chi connectivity index (χ0) is 18.4. The summed E-state index contributed by atoms with van der Waals surface area (Å²) in [5, 5.41) is 0. The Balaban J connectivity index is 3.04. The molecule has 0 aromatic rings. The third kappa shape index (κ3) is 1.70. The Labute approximate surface area is 134 Å². The average Bonchev–Trinajstić information content (AvgIpc) is 2.58. The Bertz CT molecular complexity index is 677. The van der Waals surface area contributed by atoms with Crippen molar-refractivity contribution in [1.29, 1.82) is 0 Å². The maximum absolute atomic E-state index is 15.5. The predicted octanol–water partition coefficient (Wildman–Crippen LogP) is -0.285. The van der Waals surface area contributed by atoms with E-state index in [0.29, 0.717) is 0 Å². The van der Waals surface area contributed by atoms with Crippen molar-refractivity contribution < 1.29 is 46.9 Å². The minimum Gasteiger partial charge on any atom is -0.493 e. The highest BCUT2D eigenvalue weighted by atomic mass is 19.2. The Morgan fingerprint density at radius 2 is 1.04 bits per heavy atom. The fourth-order valence-electron chi connectivity index (χ4n) is 2.79. The van der Waals surface area contributed by atoms with E-state index in [1.807, 2.05) is 0 Å². The summed E-state index contributed by atoms with van der Waals surface area (Å²) >= 11 is 0. The van der Waals surface area contributed by atoms with E-state index in [-0.39, 0.29) is 0 Å². The van der Waals surface area contributed by atoms with Gasteiger partial charge in [-0.1, -0.05) is 0 Å². The van der Waals surface area contributed by atoms with Crippen molar-refractivity contribution in [3.8, 4) is 0 Å². The molecule has 0 aliphatic heterocycles. The van der Waals surface area contributed by atoms with Gasteiger partial charge >= 0.3 is 11.9 Å². The zero-order valence-electron chi connectivity index (χ0n) is 13.0. The van der Waals surface area contributed by atoms with Crippen LogP contribution in [0.15, 0.2) is 22.7 Å². The fourth-order valence-corrected chi connectivity index (χ4v) is 2.79. The zero-order valence-corrected chi connectivity index (χ0v) is 13.0. The van der Waals surface area contributed by atoms with Crippen LogP contribution in [-0.2, 0) is 38.1 Å². The lowest BCUT2D eigenvalue weighted by molar-refractivity contribution is -0.158. The van der Waals surface area contributed by atoms with Gasteiger partial charge in [0, 0.05) is 0 Å². The van der Waals surface area contributed by atoms with Crippen LogP contribution in [0.2, 0.25) is 0 Å². The van der Waals surface area contributed by atoms with Crippen molar-refractivity contribution in [2.24, 2.45) is 0 Å². The number of esters is 2. The molecule has 0 saturated heterocycles. The molecule has 2 bridgehead atoms. The number of halogens is 2. The van der Waals surface area contributed by atoms with E-state index in [1.54, 1.807) is 0 Å². The van der Waals surface area contributed by atoms with Gasteiger partial charge in [0.2, 0.25) is 0 Å². The molecule has 0 N–H and O–H groups in total. The molecule has 0 radical (unpaired) electrons. The molecule has 0 unspecified atom stereocenters. The summed E-state index contributed by atoms with van der Waals surface area (Å²) in [4.78, 5) is 48.1. The molecule has 130 valence electrons. The average molecular weight is 346 g/mol. The minimum absolute atomic E-state index is 0.820. The van der Waals surface area contributed by atoms with Crippen LogP contribution >= 0.6 is 0 Å². The third-order valence-electron chi connectivity index (χ3n) is 3.79. The molecule has 0 fully saturated rings. The normalized spacial score (nSPS) is 28.9. The summed E-state index contributed by atoms with van der Waals surface area (Å²) in [6.07, 6.45) is 0. The van der Waals surface area contributed by atoms with Gasteiger partial charge in [-0.3, -0.25) is 9.59 Å². The topological polar surface area (TPSA) is 105 Å². The lowest BCUT2D eigenvalue weighted by atomic mass is 9.64. The van der Waals surface area contributed by atoms with E-state index in [1.165, 1.54) is 0 Å². The van der Waals surface area contributed by atoms with Gasteiger partial charge in [0.25, 0.3) is 22.9 Å². The number of Topliss-reactive ketones (excluding diaryl/α,β-unsaturated/α-hetero) is 2. The van der Waals surface area contributed by atoms with Gasteiger partial charge in [0.05, 0.1) is 28.4 Å². The number of ketones is 2. The second-order valence-corrected chi connectivity index (χ2v) is 4.77. The highest BCUT2D eigenvalue weighted by molar-refractivity contribution is 6.50. The van der Waals surface area contributed by atoms with Crippen LogP contribution in [0.25, 0.3) is 0 Å². The van der Waals surface area contributed by atoms with Gasteiger partial charge in [-0.15, -0.1) is 0 Å². The first kappa shape index (κ1) is 17.6. The first-order valence-corrected chi connectivity index (χ1v) is 6.39. The first-order chi connectivity index (χ1) is 11.2. The highest BCUT2D eigenvalue weighted by Gasteiger charge is 2.75. The maximum Gasteiger partial charge on any atom is 0.338 e. The Morgan fingerprint density at radius 1 is 0.750 bits per heavy atom. The summed E-state index contributed by atoms with van der Waals surface area (Å²) < 4.78 is 49.1. The van der Waals surface area contributed by atoms with Crippen molar-refractivity contribution in [3.05, 3.63) is 22.7 Å². The molecule has 0 saturated carbocycles. The Kier molecular flexibility index (Phi) is 3.95. The number of methoxy groups -OCH3 is 4. The van der Waals surface area contributed by atoms with Gasteiger partial charge in [-0.05, 0) is 0 Å². The molecule has 2 atom stereocenters. The van der Waals surface area contributed by atoms with E-state index in [0.717, 1.165) is 28.4 Å². The molecular weight excluding hydrogens is 334 g/mol. The lowest BCUT2D eigenvalue weighted by Crippen LogP contribution is -2.65. The second-order valence-electron chi connectivity index (χ2n) is 4.77. The van der Waals surface area contributed by atoms with Crippen molar-refractivity contribution in [2.75, 3.05) is 28.4 Å². The van der Waals surface area contributed by atoms with Gasteiger partial charge in [-0.2, -0.15) is 0 Å². The Hall–Kier alpha value is -2.78. The van der Waals surface area contributed by atoms with Gasteiger partial charge in [-0.25, -0.2) is 18.4 Å². The van der Waals surface area contributed by atoms with E-state index >= 15 is 8.78 Å². The number of fused-ring (bicyclic) bond motifs is 1. The summed E-state index contributed by atoms with van der Waals surface area (Å²) in [5.74, 6) is -9.02. The quantitative estimate of drug-likeness (QED) is 0.505. The van der Waals surface area contributed by atoms with E-state index in [9.17, 15) is 19.2 Å². The number of hydrogen-bond donors (Lipinski definition) is 0. The lowest BCUT2D eigenvalue weighted by Gasteiger charge is -2.43. The van der Waals surface area contributed by atoms with Gasteiger partial charge in [0.15, 0.2) is 11.5 Å². The third-order valence-corrected chi connectivity index (χ3v) is 3.79. The number of allylic oxidation sites excluding steroid dienone is 2. The number of carbonyl (C=O) groups is 4. The van der Waals surface area contributed by atoms with Gasteiger partial charge < -0.3 is 18.9 Å². The highest BCUT2D eigenvalue weighted by Crippen LogP contribution is 2.54. The summed E-state index contributed by atoms with van der Waals surface area (Å²) in [5.41, 5.74) is -9.77. The molecular formula is C14H12F2O8. The molecule has 0 aromatic carbocycles. The number of hydrogen-bond acceptors (Lipinski definition) is 8. The van der Waals surface area contributed by atoms with Crippen LogP contribution in [0.1, 0.15) is 0 Å². The summed E-state index contributed by atoms with van der Waals surface area (Å²) in [7, 11) is 3.40. The molecule has 0 aromatic heterocycles. The molecule has 0 spiro atoms. The van der Waals surface area contributed by atoms with Crippen molar-refractivity contribution >= 4 is 23.5 Å². The molecule has 3 aliphatic rings. The van der Waals surface area contributed by atoms with E-state index < -0.39 is 57.5 Å². The van der Waals surface area contributed by atoms with Crippen LogP contribution in [0.5, 0.6) is 0 Å².